The summed E-state index contributed by atoms with van der Waals surface area (Å²) >= 11 is 9.16. The van der Waals surface area contributed by atoms with Gasteiger partial charge < -0.3 is 5.32 Å². The predicted molar refractivity (Wildman–Crippen MR) is 81.5 cm³/mol. The lowest BCUT2D eigenvalue weighted by molar-refractivity contribution is 0.0951. The lowest BCUT2D eigenvalue weighted by atomic mass is 10.1. The highest BCUT2D eigenvalue weighted by Gasteiger charge is 2.07. The molecular weight excluding hydrogens is 340 g/mol. The van der Waals surface area contributed by atoms with Crippen molar-refractivity contribution in [2.75, 3.05) is 0 Å². The van der Waals surface area contributed by atoms with Crippen LogP contribution < -0.4 is 5.32 Å². The largest absolute Gasteiger partial charge is 0.348 e. The fourth-order valence-electron chi connectivity index (χ4n) is 1.67. The molecule has 0 aliphatic carbocycles. The lowest BCUT2D eigenvalue weighted by Crippen LogP contribution is -2.22. The van der Waals surface area contributed by atoms with Gasteiger partial charge in [0, 0.05) is 16.6 Å². The van der Waals surface area contributed by atoms with E-state index in [0.717, 1.165) is 5.56 Å². The fraction of sp³-hybridized carbons (Fsp3) is 0.0667. The standard InChI is InChI=1S/C15H10BrClN2O/c16-13-7-12(4-5-14(13)17)15(20)19-9-11-3-1-2-10(6-11)8-18/h1-7H,9H2,(H,19,20). The summed E-state index contributed by atoms with van der Waals surface area (Å²) in [6, 6.07) is 14.2. The van der Waals surface area contributed by atoms with E-state index < -0.39 is 0 Å². The topological polar surface area (TPSA) is 52.9 Å². The molecule has 2 aromatic carbocycles. The second kappa shape index (κ2) is 6.56. The Kier molecular flexibility index (Phi) is 4.78. The van der Waals surface area contributed by atoms with E-state index in [1.807, 2.05) is 6.07 Å². The number of amides is 1. The van der Waals surface area contributed by atoms with Crippen LogP contribution in [0, 0.1) is 11.3 Å². The molecule has 0 saturated carbocycles. The van der Waals surface area contributed by atoms with Crippen LogP contribution in [0.5, 0.6) is 0 Å². The number of hydrogen-bond acceptors (Lipinski definition) is 2. The second-order valence-electron chi connectivity index (χ2n) is 4.12. The molecule has 0 bridgehead atoms. The number of halogens is 2. The molecule has 0 aromatic heterocycles. The Bertz CT molecular complexity index is 695. The first-order valence-electron chi connectivity index (χ1n) is 5.82. The molecule has 100 valence electrons. The smallest absolute Gasteiger partial charge is 0.251 e. The Balaban J connectivity index is 2.05. The van der Waals surface area contributed by atoms with Crippen molar-refractivity contribution in [3.63, 3.8) is 0 Å². The zero-order chi connectivity index (χ0) is 14.5. The molecule has 0 fully saturated rings. The summed E-state index contributed by atoms with van der Waals surface area (Å²) < 4.78 is 0.679. The summed E-state index contributed by atoms with van der Waals surface area (Å²) in [6.45, 7) is 0.370. The third-order valence-electron chi connectivity index (χ3n) is 2.69. The van der Waals surface area contributed by atoms with Crippen LogP contribution in [-0.4, -0.2) is 5.91 Å². The maximum Gasteiger partial charge on any atom is 0.251 e. The van der Waals surface area contributed by atoms with Gasteiger partial charge in [0.2, 0.25) is 0 Å². The highest BCUT2D eigenvalue weighted by molar-refractivity contribution is 9.10. The van der Waals surface area contributed by atoms with Crippen LogP contribution in [0.15, 0.2) is 46.9 Å². The number of hydrogen-bond donors (Lipinski definition) is 1. The van der Waals surface area contributed by atoms with Crippen molar-refractivity contribution in [2.24, 2.45) is 0 Å². The van der Waals surface area contributed by atoms with E-state index >= 15 is 0 Å². The van der Waals surface area contributed by atoms with Gasteiger partial charge in [-0.05, 0) is 51.8 Å². The van der Waals surface area contributed by atoms with Crippen LogP contribution in [0.4, 0.5) is 0 Å². The van der Waals surface area contributed by atoms with Crippen molar-refractivity contribution in [3.8, 4) is 6.07 Å². The molecule has 0 unspecified atom stereocenters. The Morgan fingerprint density at radius 1 is 1.30 bits per heavy atom. The minimum Gasteiger partial charge on any atom is -0.348 e. The molecule has 0 aliphatic rings. The monoisotopic (exact) mass is 348 g/mol. The normalized spacial score (nSPS) is 9.85. The Morgan fingerprint density at radius 2 is 2.10 bits per heavy atom. The van der Waals surface area contributed by atoms with E-state index in [1.54, 1.807) is 36.4 Å². The summed E-state index contributed by atoms with van der Waals surface area (Å²) in [4.78, 5) is 12.0. The summed E-state index contributed by atoms with van der Waals surface area (Å²) in [5, 5.41) is 12.2. The van der Waals surface area contributed by atoms with Gasteiger partial charge in [-0.15, -0.1) is 0 Å². The molecule has 0 saturated heterocycles. The molecule has 20 heavy (non-hydrogen) atoms. The molecule has 2 rings (SSSR count). The van der Waals surface area contributed by atoms with Gasteiger partial charge in [0.25, 0.3) is 5.91 Å². The van der Waals surface area contributed by atoms with Crippen molar-refractivity contribution in [1.82, 2.24) is 5.32 Å². The van der Waals surface area contributed by atoms with Crippen molar-refractivity contribution < 1.29 is 4.79 Å². The van der Waals surface area contributed by atoms with E-state index in [4.69, 9.17) is 16.9 Å². The van der Waals surface area contributed by atoms with E-state index in [-0.39, 0.29) is 5.91 Å². The quantitative estimate of drug-likeness (QED) is 0.913. The number of rotatable bonds is 3. The van der Waals surface area contributed by atoms with Crippen molar-refractivity contribution in [1.29, 1.82) is 5.26 Å². The molecule has 0 radical (unpaired) electrons. The van der Waals surface area contributed by atoms with Gasteiger partial charge in [-0.2, -0.15) is 5.26 Å². The average Bonchev–Trinajstić information content (AvgIpc) is 2.47. The molecule has 3 nitrogen and oxygen atoms in total. The summed E-state index contributed by atoms with van der Waals surface area (Å²) in [5.74, 6) is -0.190. The first-order valence-corrected chi connectivity index (χ1v) is 6.99. The van der Waals surface area contributed by atoms with Crippen molar-refractivity contribution in [3.05, 3.63) is 68.7 Å². The third kappa shape index (κ3) is 3.60. The van der Waals surface area contributed by atoms with E-state index in [9.17, 15) is 4.79 Å². The molecule has 0 spiro atoms. The molecule has 0 aliphatic heterocycles. The number of benzene rings is 2. The second-order valence-corrected chi connectivity index (χ2v) is 5.39. The van der Waals surface area contributed by atoms with Gasteiger partial charge >= 0.3 is 0 Å². The summed E-state index contributed by atoms with van der Waals surface area (Å²) in [6.07, 6.45) is 0. The molecular formula is C15H10BrClN2O. The lowest BCUT2D eigenvalue weighted by Gasteiger charge is -2.06. The van der Waals surface area contributed by atoms with Crippen LogP contribution in [0.3, 0.4) is 0 Å². The van der Waals surface area contributed by atoms with Crippen molar-refractivity contribution >= 4 is 33.4 Å². The number of nitrogens with one attached hydrogen (secondary N) is 1. The molecule has 1 N–H and O–H groups in total. The zero-order valence-electron chi connectivity index (χ0n) is 10.4. The Morgan fingerprint density at radius 3 is 2.80 bits per heavy atom. The van der Waals surface area contributed by atoms with Gasteiger partial charge in [-0.1, -0.05) is 23.7 Å². The van der Waals surface area contributed by atoms with Gasteiger partial charge in [0.05, 0.1) is 16.7 Å². The first kappa shape index (κ1) is 14.6. The van der Waals surface area contributed by atoms with Crippen LogP contribution in [-0.2, 0) is 6.54 Å². The molecule has 2 aromatic rings. The SMILES string of the molecule is N#Cc1cccc(CNC(=O)c2ccc(Cl)c(Br)c2)c1. The van der Waals surface area contributed by atoms with Crippen LogP contribution in [0.25, 0.3) is 0 Å². The van der Waals surface area contributed by atoms with E-state index in [1.165, 1.54) is 0 Å². The first-order chi connectivity index (χ1) is 9.60. The molecule has 0 heterocycles. The summed E-state index contributed by atoms with van der Waals surface area (Å²) in [5.41, 5.74) is 1.98. The van der Waals surface area contributed by atoms with Crippen LogP contribution >= 0.6 is 27.5 Å². The van der Waals surface area contributed by atoms with Crippen molar-refractivity contribution in [2.45, 2.75) is 6.54 Å². The van der Waals surface area contributed by atoms with Gasteiger partial charge in [-0.25, -0.2) is 0 Å². The fourth-order valence-corrected chi connectivity index (χ4v) is 2.17. The van der Waals surface area contributed by atoms with Gasteiger partial charge in [0.15, 0.2) is 0 Å². The number of nitrogens with zero attached hydrogens (tertiary/aromatic N) is 1. The molecule has 1 amide bonds. The minimum absolute atomic E-state index is 0.190. The van der Waals surface area contributed by atoms with Gasteiger partial charge in [-0.3, -0.25) is 4.79 Å². The molecule has 0 atom stereocenters. The number of carbonyl (C=O) groups excluding carboxylic acids is 1. The highest BCUT2D eigenvalue weighted by atomic mass is 79.9. The van der Waals surface area contributed by atoms with Crippen LogP contribution in [0.1, 0.15) is 21.5 Å². The Hall–Kier alpha value is -1.83. The number of carbonyl (C=O) groups is 1. The van der Waals surface area contributed by atoms with Gasteiger partial charge in [0.1, 0.15) is 0 Å². The maximum absolute atomic E-state index is 12.0. The maximum atomic E-state index is 12.0. The third-order valence-corrected chi connectivity index (χ3v) is 3.90. The average molecular weight is 350 g/mol. The highest BCUT2D eigenvalue weighted by Crippen LogP contribution is 2.23. The predicted octanol–water partition coefficient (Wildman–Crippen LogP) is 3.90. The minimum atomic E-state index is -0.190. The summed E-state index contributed by atoms with van der Waals surface area (Å²) in [7, 11) is 0. The Labute approximate surface area is 130 Å². The molecule has 5 heteroatoms. The number of nitriles is 1. The van der Waals surface area contributed by atoms with E-state index in [0.29, 0.717) is 27.2 Å². The zero-order valence-corrected chi connectivity index (χ0v) is 12.7. The van der Waals surface area contributed by atoms with Crippen LogP contribution in [0.2, 0.25) is 5.02 Å². The van der Waals surface area contributed by atoms with E-state index in [2.05, 4.69) is 27.3 Å².